The van der Waals surface area contributed by atoms with Crippen molar-refractivity contribution in [2.45, 2.75) is 12.5 Å². The number of carbonyl (C=O) groups is 1. The summed E-state index contributed by atoms with van der Waals surface area (Å²) in [5.74, 6) is 0.263. The van der Waals surface area contributed by atoms with Gasteiger partial charge in [-0.2, -0.15) is 0 Å². The predicted octanol–water partition coefficient (Wildman–Crippen LogP) is 0.744. The van der Waals surface area contributed by atoms with E-state index in [0.717, 1.165) is 0 Å². The number of ether oxygens (including phenoxy) is 1. The summed E-state index contributed by atoms with van der Waals surface area (Å²) < 4.78 is 9.47. The molecule has 5 heteroatoms. The highest BCUT2D eigenvalue weighted by atomic mass is 35.5. The quantitative estimate of drug-likeness (QED) is 0.740. The zero-order chi connectivity index (χ0) is 8.97. The van der Waals surface area contributed by atoms with Gasteiger partial charge in [-0.1, -0.05) is 0 Å². The summed E-state index contributed by atoms with van der Waals surface area (Å²) in [6, 6.07) is 2.88. The maximum absolute atomic E-state index is 10.8. The van der Waals surface area contributed by atoms with Gasteiger partial charge in [-0.3, -0.25) is 4.79 Å². The number of furan rings is 1. The van der Waals surface area contributed by atoms with E-state index in [1.54, 1.807) is 18.4 Å². The molecule has 2 N–H and O–H groups in total. The Morgan fingerprint density at radius 3 is 2.92 bits per heavy atom. The summed E-state index contributed by atoms with van der Waals surface area (Å²) in [5, 5.41) is 0. The summed E-state index contributed by atoms with van der Waals surface area (Å²) in [6.45, 7) is 0. The average molecular weight is 206 g/mol. The van der Waals surface area contributed by atoms with Crippen LogP contribution >= 0.6 is 12.4 Å². The van der Waals surface area contributed by atoms with E-state index in [1.807, 2.05) is 0 Å². The van der Waals surface area contributed by atoms with Crippen molar-refractivity contribution < 1.29 is 13.9 Å². The Bertz CT molecular complexity index is 248. The van der Waals surface area contributed by atoms with Crippen LogP contribution in [0.1, 0.15) is 5.76 Å². The normalized spacial score (nSPS) is 11.5. The van der Waals surface area contributed by atoms with Gasteiger partial charge in [0.05, 0.1) is 13.4 Å². The van der Waals surface area contributed by atoms with E-state index in [4.69, 9.17) is 10.2 Å². The molecule has 0 radical (unpaired) electrons. The highest BCUT2D eigenvalue weighted by Crippen LogP contribution is 2.03. The molecule has 1 aromatic rings. The molecular formula is C8H12ClNO3. The van der Waals surface area contributed by atoms with Gasteiger partial charge in [0, 0.05) is 6.42 Å². The van der Waals surface area contributed by atoms with Crippen LogP contribution < -0.4 is 5.73 Å². The zero-order valence-corrected chi connectivity index (χ0v) is 8.04. The van der Waals surface area contributed by atoms with Gasteiger partial charge in [-0.15, -0.1) is 12.4 Å². The molecule has 1 rings (SSSR count). The fourth-order valence-electron chi connectivity index (χ4n) is 0.880. The first-order valence-electron chi connectivity index (χ1n) is 3.60. The van der Waals surface area contributed by atoms with Crippen molar-refractivity contribution in [1.82, 2.24) is 0 Å². The van der Waals surface area contributed by atoms with E-state index < -0.39 is 12.0 Å². The van der Waals surface area contributed by atoms with Crippen LogP contribution in [0.3, 0.4) is 0 Å². The topological polar surface area (TPSA) is 65.5 Å². The zero-order valence-electron chi connectivity index (χ0n) is 7.23. The van der Waals surface area contributed by atoms with Crippen LogP contribution in [0, 0.1) is 0 Å². The van der Waals surface area contributed by atoms with E-state index in [9.17, 15) is 4.79 Å². The molecule has 1 aromatic heterocycles. The second-order valence-corrected chi connectivity index (χ2v) is 2.41. The molecule has 0 aliphatic rings. The molecule has 1 heterocycles. The highest BCUT2D eigenvalue weighted by molar-refractivity contribution is 5.85. The Labute approximate surface area is 82.5 Å². The molecule has 0 aliphatic heterocycles. The van der Waals surface area contributed by atoms with E-state index >= 15 is 0 Å². The fourth-order valence-corrected chi connectivity index (χ4v) is 0.880. The fraction of sp³-hybridized carbons (Fsp3) is 0.375. The summed E-state index contributed by atoms with van der Waals surface area (Å²) in [6.07, 6.45) is 1.92. The minimum Gasteiger partial charge on any atom is -0.469 e. The third kappa shape index (κ3) is 3.48. The Kier molecular flexibility index (Phi) is 5.18. The van der Waals surface area contributed by atoms with E-state index in [1.165, 1.54) is 7.11 Å². The molecule has 0 aliphatic carbocycles. The number of nitrogens with two attached hydrogens (primary N) is 1. The third-order valence-corrected chi connectivity index (χ3v) is 1.51. The molecular weight excluding hydrogens is 194 g/mol. The Morgan fingerprint density at radius 2 is 2.46 bits per heavy atom. The number of esters is 1. The van der Waals surface area contributed by atoms with Crippen molar-refractivity contribution in [3.8, 4) is 0 Å². The first-order chi connectivity index (χ1) is 5.74. The van der Waals surface area contributed by atoms with Gasteiger partial charge in [0.25, 0.3) is 0 Å². The Balaban J connectivity index is 0.00000144. The lowest BCUT2D eigenvalue weighted by atomic mass is 10.2. The largest absolute Gasteiger partial charge is 0.469 e. The first-order valence-corrected chi connectivity index (χ1v) is 3.60. The van der Waals surface area contributed by atoms with Crippen molar-refractivity contribution >= 4 is 18.4 Å². The van der Waals surface area contributed by atoms with Gasteiger partial charge < -0.3 is 14.9 Å². The van der Waals surface area contributed by atoms with E-state index in [0.29, 0.717) is 12.2 Å². The molecule has 0 unspecified atom stereocenters. The van der Waals surface area contributed by atoms with Crippen molar-refractivity contribution in [1.29, 1.82) is 0 Å². The number of hydrogen-bond acceptors (Lipinski definition) is 4. The molecule has 0 saturated heterocycles. The van der Waals surface area contributed by atoms with Crippen LogP contribution in [0.15, 0.2) is 22.8 Å². The second-order valence-electron chi connectivity index (χ2n) is 2.41. The van der Waals surface area contributed by atoms with Gasteiger partial charge in [0.1, 0.15) is 11.8 Å². The van der Waals surface area contributed by atoms with Gasteiger partial charge in [0.15, 0.2) is 0 Å². The van der Waals surface area contributed by atoms with Crippen LogP contribution in [0.5, 0.6) is 0 Å². The van der Waals surface area contributed by atoms with Crippen molar-refractivity contribution in [3.05, 3.63) is 24.2 Å². The molecule has 0 spiro atoms. The van der Waals surface area contributed by atoms with Crippen molar-refractivity contribution in [2.24, 2.45) is 5.73 Å². The smallest absolute Gasteiger partial charge is 0.323 e. The van der Waals surface area contributed by atoms with Gasteiger partial charge >= 0.3 is 5.97 Å². The predicted molar refractivity (Wildman–Crippen MR) is 49.7 cm³/mol. The Morgan fingerprint density at radius 1 is 1.77 bits per heavy atom. The molecule has 0 bridgehead atoms. The van der Waals surface area contributed by atoms with Crippen LogP contribution in [-0.2, 0) is 16.0 Å². The lowest BCUT2D eigenvalue weighted by Crippen LogP contribution is -2.33. The molecule has 1 atom stereocenters. The first kappa shape index (κ1) is 12.0. The monoisotopic (exact) mass is 205 g/mol. The SMILES string of the molecule is COC(=O)[C@H](N)Cc1ccco1.Cl. The molecule has 74 valence electrons. The molecule has 13 heavy (non-hydrogen) atoms. The van der Waals surface area contributed by atoms with Crippen molar-refractivity contribution in [3.63, 3.8) is 0 Å². The van der Waals surface area contributed by atoms with E-state index in [2.05, 4.69) is 4.74 Å². The number of rotatable bonds is 3. The molecule has 0 amide bonds. The standard InChI is InChI=1S/C8H11NO3.ClH/c1-11-8(10)7(9)5-6-3-2-4-12-6;/h2-4,7H,5,9H2,1H3;1H/t7-;/m1./s1. The lowest BCUT2D eigenvalue weighted by molar-refractivity contribution is -0.142. The van der Waals surface area contributed by atoms with Gasteiger partial charge in [-0.25, -0.2) is 0 Å². The van der Waals surface area contributed by atoms with Gasteiger partial charge in [0.2, 0.25) is 0 Å². The number of methoxy groups -OCH3 is 1. The van der Waals surface area contributed by atoms with E-state index in [-0.39, 0.29) is 12.4 Å². The van der Waals surface area contributed by atoms with Gasteiger partial charge in [-0.05, 0) is 12.1 Å². The number of carbonyl (C=O) groups excluding carboxylic acids is 1. The minimum atomic E-state index is -0.638. The summed E-state index contributed by atoms with van der Waals surface area (Å²) in [5.41, 5.74) is 5.48. The maximum atomic E-state index is 10.8. The minimum absolute atomic E-state index is 0. The summed E-state index contributed by atoms with van der Waals surface area (Å²) in [7, 11) is 1.31. The third-order valence-electron chi connectivity index (χ3n) is 1.51. The van der Waals surface area contributed by atoms with Crippen LogP contribution in [0.25, 0.3) is 0 Å². The van der Waals surface area contributed by atoms with Crippen LogP contribution in [0.4, 0.5) is 0 Å². The lowest BCUT2D eigenvalue weighted by Gasteiger charge is -2.05. The highest BCUT2D eigenvalue weighted by Gasteiger charge is 2.15. The van der Waals surface area contributed by atoms with Crippen LogP contribution in [-0.4, -0.2) is 19.1 Å². The van der Waals surface area contributed by atoms with Crippen LogP contribution in [0.2, 0.25) is 0 Å². The van der Waals surface area contributed by atoms with Crippen molar-refractivity contribution in [2.75, 3.05) is 7.11 Å². The summed E-state index contributed by atoms with van der Waals surface area (Å²) >= 11 is 0. The molecule has 4 nitrogen and oxygen atoms in total. The summed E-state index contributed by atoms with van der Waals surface area (Å²) in [4.78, 5) is 10.8. The number of halogens is 1. The average Bonchev–Trinajstić information content (AvgIpc) is 2.55. The maximum Gasteiger partial charge on any atom is 0.323 e. The number of hydrogen-bond donors (Lipinski definition) is 1. The second kappa shape index (κ2) is 5.61. The molecule has 0 saturated carbocycles. The Hall–Kier alpha value is -1.00. The molecule has 0 fully saturated rings. The molecule has 0 aromatic carbocycles.